The Balaban J connectivity index is 1.79. The quantitative estimate of drug-likeness (QED) is 0.185. The van der Waals surface area contributed by atoms with E-state index in [1.54, 1.807) is 0 Å². The molecule has 10 heteroatoms. The maximum absolute atomic E-state index is 11.8. The number of nitrogens with zero attached hydrogens (tertiary/aromatic N) is 2. The van der Waals surface area contributed by atoms with Gasteiger partial charge in [-0.1, -0.05) is 15.9 Å². The van der Waals surface area contributed by atoms with E-state index in [-0.39, 0.29) is 31.5 Å². The predicted molar refractivity (Wildman–Crippen MR) is 109 cm³/mol. The van der Waals surface area contributed by atoms with E-state index in [0.717, 1.165) is 40.3 Å². The fourth-order valence-electron chi connectivity index (χ4n) is 3.21. The van der Waals surface area contributed by atoms with Crippen molar-refractivity contribution in [1.29, 1.82) is 0 Å². The van der Waals surface area contributed by atoms with Crippen LogP contribution in [0.4, 0.5) is 11.4 Å². The topological polar surface area (TPSA) is 108 Å². The predicted octanol–water partition coefficient (Wildman–Crippen LogP) is 4.07. The van der Waals surface area contributed by atoms with Gasteiger partial charge in [0.15, 0.2) is 0 Å². The highest BCUT2D eigenvalue weighted by atomic mass is 79.9. The van der Waals surface area contributed by atoms with E-state index in [1.165, 1.54) is 0 Å². The summed E-state index contributed by atoms with van der Waals surface area (Å²) in [6, 6.07) is 4.23. The lowest BCUT2D eigenvalue weighted by molar-refractivity contribution is -0.757. The van der Waals surface area contributed by atoms with Crippen LogP contribution in [0.2, 0.25) is 0 Å². The molecule has 1 aliphatic rings. The SMILES string of the molecule is CN(c1cc(Br)cc(Br)c1N)[C@H]1CC[C@H](OC(=O)CCCO[N+](=O)[O-])CC1. The molecule has 2 rings (SSSR count). The number of carbonyl (C=O) groups is 1. The van der Waals surface area contributed by atoms with Crippen molar-refractivity contribution in [3.8, 4) is 0 Å². The Morgan fingerprint density at radius 1 is 1.33 bits per heavy atom. The maximum atomic E-state index is 11.8. The van der Waals surface area contributed by atoms with Crippen molar-refractivity contribution in [3.05, 3.63) is 31.2 Å². The van der Waals surface area contributed by atoms with Crippen molar-refractivity contribution in [2.75, 3.05) is 24.3 Å². The normalized spacial score (nSPS) is 19.4. The summed E-state index contributed by atoms with van der Waals surface area (Å²) in [5, 5.41) is 9.20. The number of halogens is 2. The van der Waals surface area contributed by atoms with Crippen LogP contribution in [0.5, 0.6) is 0 Å². The van der Waals surface area contributed by atoms with Crippen LogP contribution < -0.4 is 10.6 Å². The first-order valence-electron chi connectivity index (χ1n) is 8.72. The van der Waals surface area contributed by atoms with Crippen molar-refractivity contribution in [2.45, 2.75) is 50.7 Å². The number of anilines is 2. The Hall–Kier alpha value is -1.55. The smallest absolute Gasteiger partial charge is 0.306 e. The van der Waals surface area contributed by atoms with Gasteiger partial charge in [-0.15, -0.1) is 10.1 Å². The Bertz CT molecular complexity index is 681. The molecular formula is C17H23Br2N3O5. The monoisotopic (exact) mass is 507 g/mol. The zero-order valence-electron chi connectivity index (χ0n) is 15.0. The Labute approximate surface area is 174 Å². The molecule has 0 bridgehead atoms. The zero-order valence-corrected chi connectivity index (χ0v) is 18.2. The number of ether oxygens (including phenoxy) is 1. The fraction of sp³-hybridized carbons (Fsp3) is 0.588. The Morgan fingerprint density at radius 2 is 2.00 bits per heavy atom. The van der Waals surface area contributed by atoms with E-state index in [0.29, 0.717) is 11.7 Å². The van der Waals surface area contributed by atoms with E-state index in [4.69, 9.17) is 10.5 Å². The van der Waals surface area contributed by atoms with Gasteiger partial charge in [-0.25, -0.2) is 0 Å². The van der Waals surface area contributed by atoms with Gasteiger partial charge in [0.2, 0.25) is 0 Å². The molecule has 27 heavy (non-hydrogen) atoms. The number of benzene rings is 1. The Kier molecular flexibility index (Phi) is 8.15. The Morgan fingerprint density at radius 3 is 2.63 bits per heavy atom. The van der Waals surface area contributed by atoms with Crippen molar-refractivity contribution in [2.24, 2.45) is 0 Å². The highest BCUT2D eigenvalue weighted by Gasteiger charge is 2.27. The second-order valence-corrected chi connectivity index (χ2v) is 8.28. The van der Waals surface area contributed by atoms with E-state index < -0.39 is 5.09 Å². The van der Waals surface area contributed by atoms with E-state index in [1.807, 2.05) is 19.2 Å². The summed E-state index contributed by atoms with van der Waals surface area (Å²) in [6.07, 6.45) is 3.63. The third-order valence-corrected chi connectivity index (χ3v) is 5.78. The highest BCUT2D eigenvalue weighted by Crippen LogP contribution is 2.37. The van der Waals surface area contributed by atoms with Gasteiger partial charge in [-0.3, -0.25) is 4.79 Å². The van der Waals surface area contributed by atoms with Crippen LogP contribution in [0.3, 0.4) is 0 Å². The van der Waals surface area contributed by atoms with Gasteiger partial charge in [0.05, 0.1) is 18.0 Å². The molecule has 0 radical (unpaired) electrons. The maximum Gasteiger partial charge on any atom is 0.306 e. The van der Waals surface area contributed by atoms with Crippen molar-refractivity contribution in [1.82, 2.24) is 0 Å². The molecule has 0 saturated heterocycles. The molecule has 0 unspecified atom stereocenters. The molecule has 0 heterocycles. The minimum Gasteiger partial charge on any atom is -0.462 e. The lowest BCUT2D eigenvalue weighted by Crippen LogP contribution is -2.38. The second-order valence-electron chi connectivity index (χ2n) is 6.51. The first-order chi connectivity index (χ1) is 12.8. The summed E-state index contributed by atoms with van der Waals surface area (Å²) in [5.74, 6) is -0.334. The third kappa shape index (κ3) is 6.53. The van der Waals surface area contributed by atoms with Gasteiger partial charge >= 0.3 is 5.97 Å². The first kappa shape index (κ1) is 21.7. The first-order valence-corrected chi connectivity index (χ1v) is 10.3. The molecule has 2 N–H and O–H groups in total. The van der Waals surface area contributed by atoms with Gasteiger partial charge in [0, 0.05) is 28.5 Å². The van der Waals surface area contributed by atoms with Crippen molar-refractivity contribution in [3.63, 3.8) is 0 Å². The number of esters is 1. The van der Waals surface area contributed by atoms with Crippen LogP contribution >= 0.6 is 31.9 Å². The van der Waals surface area contributed by atoms with Crippen LogP contribution in [0, 0.1) is 10.1 Å². The zero-order chi connectivity index (χ0) is 20.0. The second kappa shape index (κ2) is 10.1. The summed E-state index contributed by atoms with van der Waals surface area (Å²) >= 11 is 6.97. The highest BCUT2D eigenvalue weighted by molar-refractivity contribution is 9.11. The van der Waals surface area contributed by atoms with Crippen LogP contribution in [-0.4, -0.2) is 36.9 Å². The average Bonchev–Trinajstić information content (AvgIpc) is 2.61. The van der Waals surface area contributed by atoms with Gasteiger partial charge in [0.25, 0.3) is 5.09 Å². The van der Waals surface area contributed by atoms with E-state index in [9.17, 15) is 14.9 Å². The van der Waals surface area contributed by atoms with Crippen LogP contribution in [-0.2, 0) is 14.4 Å². The number of hydrogen-bond donors (Lipinski definition) is 1. The van der Waals surface area contributed by atoms with Gasteiger partial charge in [-0.05, 0) is 60.2 Å². The minimum absolute atomic E-state index is 0.0940. The summed E-state index contributed by atoms with van der Waals surface area (Å²) in [5.41, 5.74) is 7.86. The average molecular weight is 509 g/mol. The lowest BCUT2D eigenvalue weighted by Gasteiger charge is -2.36. The molecule has 0 aromatic heterocycles. The fourth-order valence-corrected chi connectivity index (χ4v) is 4.41. The van der Waals surface area contributed by atoms with Crippen LogP contribution in [0.1, 0.15) is 38.5 Å². The number of nitrogens with two attached hydrogens (primary N) is 1. The van der Waals surface area contributed by atoms with Gasteiger partial charge in [-0.2, -0.15) is 0 Å². The molecule has 1 fully saturated rings. The molecule has 0 atom stereocenters. The van der Waals surface area contributed by atoms with Gasteiger partial charge in [0.1, 0.15) is 6.10 Å². The molecule has 1 aromatic carbocycles. The lowest BCUT2D eigenvalue weighted by atomic mass is 9.91. The van der Waals surface area contributed by atoms with Gasteiger partial charge < -0.3 is 20.2 Å². The number of nitrogen functional groups attached to an aromatic ring is 1. The molecule has 150 valence electrons. The minimum atomic E-state index is -0.861. The van der Waals surface area contributed by atoms with E-state index >= 15 is 0 Å². The number of rotatable bonds is 8. The van der Waals surface area contributed by atoms with E-state index in [2.05, 4.69) is 41.6 Å². The third-order valence-electron chi connectivity index (χ3n) is 4.66. The molecule has 0 amide bonds. The summed E-state index contributed by atoms with van der Waals surface area (Å²) in [6.45, 7) is -0.0940. The molecule has 0 spiro atoms. The largest absolute Gasteiger partial charge is 0.462 e. The van der Waals surface area contributed by atoms with Crippen molar-refractivity contribution >= 4 is 49.2 Å². The summed E-state index contributed by atoms with van der Waals surface area (Å²) < 4.78 is 7.27. The standard InChI is InChI=1S/C17H23Br2N3O5/c1-21(15-10-11(18)9-14(19)17(15)20)12-4-6-13(7-5-12)27-16(23)3-2-8-26-22(24)25/h9-10,12-13H,2-8,20H2,1H3/t12-,13-. The molecule has 8 nitrogen and oxygen atoms in total. The summed E-state index contributed by atoms with van der Waals surface area (Å²) in [4.78, 5) is 28.2. The van der Waals surface area contributed by atoms with Crippen molar-refractivity contribution < 1.29 is 19.5 Å². The molecule has 1 saturated carbocycles. The molecular weight excluding hydrogens is 486 g/mol. The number of carbonyl (C=O) groups excluding carboxylic acids is 1. The molecule has 1 aromatic rings. The molecule has 0 aliphatic heterocycles. The van der Waals surface area contributed by atoms with Crippen LogP contribution in [0.15, 0.2) is 21.1 Å². The summed E-state index contributed by atoms with van der Waals surface area (Å²) in [7, 11) is 2.02. The van der Waals surface area contributed by atoms with Crippen LogP contribution in [0.25, 0.3) is 0 Å². The number of hydrogen-bond acceptors (Lipinski definition) is 7. The molecule has 1 aliphatic carbocycles.